The Bertz CT molecular complexity index is 1190. The monoisotopic (exact) mass is 5700 g/mol. The topological polar surface area (TPSA) is 0 Å². The molecule has 0 aromatic heterocycles. The summed E-state index contributed by atoms with van der Waals surface area (Å²) >= 11 is 0. The fraction of sp³-hybridized carbons (Fsp3) is 1.00. The van der Waals surface area contributed by atoms with Crippen molar-refractivity contribution in [1.82, 2.24) is 0 Å². The molecule has 0 nitrogen and oxygen atoms in total. The Morgan fingerprint density at radius 1 is 0.0576 bits per heavy atom. The van der Waals surface area contributed by atoms with Crippen LogP contribution in [0.25, 0.3) is 0 Å². The Labute approximate surface area is 1800 Å². The van der Waals surface area contributed by atoms with Crippen molar-refractivity contribution < 1.29 is 1300 Å². The summed E-state index contributed by atoms with van der Waals surface area (Å²) in [5, 5.41) is 0. The van der Waals surface area contributed by atoms with E-state index in [1.165, 1.54) is 0 Å². The van der Waals surface area contributed by atoms with Crippen LogP contribution in [0.2, 0.25) is 0 Å². The molecule has 776 valence electrons. The third kappa shape index (κ3) is 243. The fourth-order valence-electron chi connectivity index (χ4n) is 3.79. The number of rotatable bonds is 30. The van der Waals surface area contributed by atoms with Gasteiger partial charge in [-0.3, -0.25) is 0 Å². The minimum atomic E-state index is -0.311. The molecule has 139 heavy (non-hydrogen) atoms. The van der Waals surface area contributed by atoms with Crippen molar-refractivity contribution in [3.8, 4) is 0 Å². The largest absolute Gasteiger partial charge is 0.102 e. The van der Waals surface area contributed by atoms with Gasteiger partial charge in [-0.2, -0.15) is 0 Å². The van der Waals surface area contributed by atoms with Crippen LogP contribution >= 0.6 is 511 Å². The third-order valence-corrected chi connectivity index (χ3v) is 453. The molecule has 0 saturated heterocycles. The average molecular weight is 5700 g/mol. The summed E-state index contributed by atoms with van der Waals surface area (Å²) in [6.45, 7) is -7.95. The summed E-state index contributed by atoms with van der Waals surface area (Å²) in [6, 6.07) is 0. The minimum absolute atomic E-state index is 0. The number of hydrogen-bond donors (Lipinski definition) is 0. The van der Waals surface area contributed by atoms with Crippen LogP contribution in [0.1, 0.15) is 37.1 Å². The molecule has 134 heteroatoms. The third-order valence-electron chi connectivity index (χ3n) is 5.60. The summed E-state index contributed by atoms with van der Waals surface area (Å²) in [6.07, 6.45) is 0. The molecule has 0 saturated carbocycles. The first-order valence-electron chi connectivity index (χ1n) is 14.5. The Hall–Kier alpha value is 68.4. The van der Waals surface area contributed by atoms with Gasteiger partial charge in [0, 0.05) is 1300 Å². The predicted molar refractivity (Wildman–Crippen MR) is 569 cm³/mol. The second-order valence-electron chi connectivity index (χ2n) is 10.2. The molecule has 0 fully saturated rings. The standard InChI is InChI=1S/5CH4.H66P64.70V/c;;;;;1-34(2)50(33)58(49(31)32)62(57(47(27)28)48(29)30)64(61(55(43(19)20)44(21)22)56(45(23)24)46(25)26)63(59(51(35(3)4)36(5)6)52(37(7)8)38(9)10)60(53(39(11)12)40(13)14)54(41(15)16)42(17)18;;;;;;;;;;;;;;;;;;;;;;;;;;;;;;;;;;;;;;;;;;;;;;;;;;;;;;;;;;;;;;;;;;;;;;/h5*1H4;1-33H2;;;;;;;;;;;;;;;;;;;;;;;;;;;;;;;;;;;;;;;;;;;;;;;;;;;;;;;;;;;;;;;;;;;;;;. The predicted octanol–water partition coefficient (Wildman–Crippen LogP) is 40.5. The summed E-state index contributed by atoms with van der Waals surface area (Å²) in [5.74, 6) is 0. The van der Waals surface area contributed by atoms with E-state index in [1.807, 2.05) is 0 Å². The van der Waals surface area contributed by atoms with Crippen molar-refractivity contribution in [3.05, 3.63) is 0 Å². The molecular weight excluding hydrogens is 5610 g/mol. The molecule has 37 atom stereocenters. The Balaban J connectivity index is -0.00000000715. The van der Waals surface area contributed by atoms with Crippen molar-refractivity contribution in [2.24, 2.45) is 0 Å². The second-order valence-corrected chi connectivity index (χ2v) is 274. The van der Waals surface area contributed by atoms with E-state index in [0.29, 0.717) is 0 Å². The van der Waals surface area contributed by atoms with E-state index in [9.17, 15) is 0 Å². The Kier molecular flexibility index (Phi) is 1230. The van der Waals surface area contributed by atoms with Crippen LogP contribution in [0, 0.1) is 0 Å². The molecule has 0 heterocycles. The molecule has 0 rings (SSSR count). The molecule has 0 bridgehead atoms. The van der Waals surface area contributed by atoms with E-state index in [0.717, 1.165) is 0 Å². The molecule has 37 unspecified atom stereocenters. The first-order valence-corrected chi connectivity index (χ1v) is 131. The number of hydrogen-bond acceptors (Lipinski definition) is 0. The maximum atomic E-state index is 3.71. The summed E-state index contributed by atoms with van der Waals surface area (Å²) in [5.41, 5.74) is 0. The zero-order chi connectivity index (χ0) is 50.9. The Morgan fingerprint density at radius 2 is 0.101 bits per heavy atom. The molecule has 70 radical (unpaired) electrons. The van der Waals surface area contributed by atoms with Gasteiger partial charge in [0.15, 0.2) is 0 Å². The van der Waals surface area contributed by atoms with E-state index in [1.54, 1.807) is 0 Å². The maximum absolute atomic E-state index is 3.71. The molecule has 0 amide bonds. The molecule has 0 aromatic rings. The van der Waals surface area contributed by atoms with Crippen molar-refractivity contribution >= 4 is 511 Å². The van der Waals surface area contributed by atoms with Gasteiger partial charge in [-0.1, -0.05) is 37.1 Å². The quantitative estimate of drug-likeness (QED) is 0.0629. The van der Waals surface area contributed by atoms with Gasteiger partial charge in [-0.25, -0.2) is 0 Å². The summed E-state index contributed by atoms with van der Waals surface area (Å²) in [7, 11) is 118. The summed E-state index contributed by atoms with van der Waals surface area (Å²) < 4.78 is 0. The van der Waals surface area contributed by atoms with Gasteiger partial charge in [0.2, 0.25) is 0 Å². The van der Waals surface area contributed by atoms with Crippen LogP contribution in [0.5, 0.6) is 0 Å². The molecular formula is C5H86P64V70. The van der Waals surface area contributed by atoms with E-state index >= 15 is 0 Å². The molecule has 0 aliphatic heterocycles. The van der Waals surface area contributed by atoms with Crippen molar-refractivity contribution in [2.75, 3.05) is 0 Å². The Morgan fingerprint density at radius 3 is 0.144 bits per heavy atom. The van der Waals surface area contributed by atoms with E-state index in [2.05, 4.69) is 295 Å². The van der Waals surface area contributed by atoms with Crippen molar-refractivity contribution in [2.45, 2.75) is 37.1 Å². The van der Waals surface area contributed by atoms with Crippen LogP contribution < -0.4 is 0 Å². The molecule has 0 aliphatic rings. The zero-order valence-electron chi connectivity index (χ0n) is 64.2. The molecule has 0 aromatic carbocycles. The average Bonchev–Trinajstić information content (AvgIpc) is 3.07. The van der Waals surface area contributed by atoms with E-state index in [4.69, 9.17) is 0 Å². The van der Waals surface area contributed by atoms with Gasteiger partial charge in [0.25, 0.3) is 0 Å². The van der Waals surface area contributed by atoms with Gasteiger partial charge < -0.3 is 0 Å². The van der Waals surface area contributed by atoms with Crippen molar-refractivity contribution in [3.63, 3.8) is 0 Å². The van der Waals surface area contributed by atoms with E-state index in [-0.39, 0.29) is 1550 Å². The second kappa shape index (κ2) is 334. The van der Waals surface area contributed by atoms with Gasteiger partial charge in [-0.05, 0) is 217 Å². The molecule has 0 aliphatic carbocycles. The molecule has 0 N–H and O–H groups in total. The fourth-order valence-corrected chi connectivity index (χ4v) is 921. The van der Waals surface area contributed by atoms with Gasteiger partial charge in [-0.15, -0.1) is 295 Å². The normalized spacial score (nSPS) is 7.51. The minimum Gasteiger partial charge on any atom is -0.102 e. The maximum Gasteiger partial charge on any atom is 0 e. The van der Waals surface area contributed by atoms with Crippen LogP contribution in [0.3, 0.4) is 0 Å². The van der Waals surface area contributed by atoms with E-state index < -0.39 is 0 Å². The van der Waals surface area contributed by atoms with Crippen LogP contribution in [-0.2, 0) is 1300 Å². The SMILES string of the molecule is C.C.C.C.C.PP(P)P(P)P(P(P)P)P(P(P(P)P)P(P)P)P(P(P(P(P)P)P(P)P)P(P(P)P)P(P)P)P(P(P(P(P)P)P(P)P)P(P(P)P)P(P)P)P(P(P(P)P)P(P)P)P(P(P)P)P(P)P.[V].[V].[V].[V].[V].[V].[V].[V].[V].[V].[V].[V].[V].[V].[V].[V].[V].[V].[V].[V].[V].[V].[V].[V].[V].[V].[V].[V].[V].[V].[V].[V].[V].[V].[V].[V].[V].[V].[V].[V].[V].[V].[V].[V].[V].[V].[V].[V].[V].[V].[V].[V].[V].[V].[V].[V].[V].[V].[V].[V].[V].[V].[V].[V].[V].[V].[V].[V].[V].[V]. The van der Waals surface area contributed by atoms with Gasteiger partial charge in [0.05, 0.1) is 0 Å². The van der Waals surface area contributed by atoms with Crippen LogP contribution in [-0.4, -0.2) is 0 Å². The zero-order valence-corrected chi connectivity index (χ0v) is 228. The first kappa shape index (κ1) is 512. The smallest absolute Gasteiger partial charge is 0 e. The van der Waals surface area contributed by atoms with Crippen LogP contribution in [0.4, 0.5) is 0 Å². The van der Waals surface area contributed by atoms with Crippen molar-refractivity contribution in [1.29, 1.82) is 0 Å². The van der Waals surface area contributed by atoms with Crippen LogP contribution in [0.15, 0.2) is 0 Å². The van der Waals surface area contributed by atoms with Gasteiger partial charge in [0.1, 0.15) is 0 Å². The molecule has 0 spiro atoms. The summed E-state index contributed by atoms with van der Waals surface area (Å²) in [4.78, 5) is 0. The van der Waals surface area contributed by atoms with Gasteiger partial charge >= 0.3 is 0 Å². The first-order chi connectivity index (χ1) is 29.1.